The molecule has 1 fully saturated rings. The zero-order valence-corrected chi connectivity index (χ0v) is 29.1. The number of pyridine rings is 1. The minimum absolute atomic E-state index is 0.0628. The van der Waals surface area contributed by atoms with E-state index < -0.39 is 29.8 Å². The number of alkyl halides is 1. The molecule has 5 aromatic rings. The third-order valence-electron chi connectivity index (χ3n) is 8.29. The van der Waals surface area contributed by atoms with Crippen molar-refractivity contribution in [2.45, 2.75) is 52.1 Å². The maximum Gasteiger partial charge on any atom is 0.410 e. The maximum atomic E-state index is 15.0. The number of amides is 2. The number of likely N-dealkylation sites (tertiary alicyclic amines) is 1. The smallest absolute Gasteiger partial charge is 0.410 e. The van der Waals surface area contributed by atoms with E-state index in [9.17, 15) is 19.2 Å². The van der Waals surface area contributed by atoms with Crippen LogP contribution in [0.25, 0.3) is 22.7 Å². The van der Waals surface area contributed by atoms with Crippen LogP contribution in [0.4, 0.5) is 14.9 Å². The Morgan fingerprint density at radius 2 is 1.86 bits per heavy atom. The van der Waals surface area contributed by atoms with Crippen LogP contribution in [0.2, 0.25) is 0 Å². The monoisotopic (exact) mass is 695 g/mol. The minimum atomic E-state index is -1.28. The van der Waals surface area contributed by atoms with Crippen LogP contribution in [-0.4, -0.2) is 86.3 Å². The number of aromatic nitrogens is 5. The number of fused-ring (bicyclic) bond motifs is 1. The SMILES string of the molecule is COc1ccc(CNC(=O)c2ccc(-n3cnc4cc(N[C@H]5CN(C(=O)OC(C)(C)C)C[C@H]5F)ccc43)nc2-n2nc(C#N)cc2C)c(OC)c1. The number of nitrogens with one attached hydrogen (secondary N) is 2. The fourth-order valence-electron chi connectivity index (χ4n) is 5.80. The lowest BCUT2D eigenvalue weighted by atomic mass is 10.1. The summed E-state index contributed by atoms with van der Waals surface area (Å²) in [5.74, 6) is 1.44. The second-order valence-electron chi connectivity index (χ2n) is 13.1. The Kier molecular flexibility index (Phi) is 9.51. The molecule has 0 aliphatic carbocycles. The zero-order valence-electron chi connectivity index (χ0n) is 29.1. The van der Waals surface area contributed by atoms with E-state index in [1.807, 2.05) is 18.2 Å². The van der Waals surface area contributed by atoms with E-state index in [1.165, 1.54) is 9.58 Å². The molecule has 2 atom stereocenters. The quantitative estimate of drug-likeness (QED) is 0.212. The second kappa shape index (κ2) is 14.0. The molecule has 0 bridgehead atoms. The summed E-state index contributed by atoms with van der Waals surface area (Å²) in [6, 6.07) is 17.1. The zero-order chi connectivity index (χ0) is 36.4. The van der Waals surface area contributed by atoms with Crippen molar-refractivity contribution in [1.82, 2.24) is 34.5 Å². The van der Waals surface area contributed by atoms with Gasteiger partial charge in [0.05, 0.1) is 43.4 Å². The van der Waals surface area contributed by atoms with Gasteiger partial charge in [-0.15, -0.1) is 0 Å². The Balaban J connectivity index is 1.26. The van der Waals surface area contributed by atoms with E-state index >= 15 is 0 Å². The lowest BCUT2D eigenvalue weighted by molar-refractivity contribution is 0.0283. The molecule has 6 rings (SSSR count). The first-order chi connectivity index (χ1) is 24.4. The van der Waals surface area contributed by atoms with Gasteiger partial charge in [0.15, 0.2) is 11.5 Å². The van der Waals surface area contributed by atoms with Crippen molar-refractivity contribution in [1.29, 1.82) is 5.26 Å². The van der Waals surface area contributed by atoms with Crippen molar-refractivity contribution in [3.05, 3.63) is 83.4 Å². The van der Waals surface area contributed by atoms with Crippen LogP contribution in [-0.2, 0) is 11.3 Å². The van der Waals surface area contributed by atoms with Crippen molar-refractivity contribution >= 4 is 28.7 Å². The predicted molar refractivity (Wildman–Crippen MR) is 186 cm³/mol. The maximum absolute atomic E-state index is 15.0. The van der Waals surface area contributed by atoms with Crippen molar-refractivity contribution in [3.8, 4) is 29.2 Å². The number of nitriles is 1. The summed E-state index contributed by atoms with van der Waals surface area (Å²) in [5, 5.41) is 20.0. The van der Waals surface area contributed by atoms with Crippen LogP contribution in [0.3, 0.4) is 0 Å². The first-order valence-corrected chi connectivity index (χ1v) is 16.2. The third kappa shape index (κ3) is 7.40. The number of carbonyl (C=O) groups excluding carboxylic acids is 2. The Bertz CT molecular complexity index is 2150. The molecule has 15 heteroatoms. The molecule has 14 nitrogen and oxygen atoms in total. The average molecular weight is 696 g/mol. The van der Waals surface area contributed by atoms with Gasteiger partial charge in [-0.05, 0) is 76.2 Å². The van der Waals surface area contributed by atoms with Gasteiger partial charge < -0.3 is 29.7 Å². The molecule has 0 saturated carbocycles. The number of methoxy groups -OCH3 is 2. The van der Waals surface area contributed by atoms with E-state index in [2.05, 4.69) is 20.7 Å². The van der Waals surface area contributed by atoms with Gasteiger partial charge in [-0.2, -0.15) is 10.4 Å². The van der Waals surface area contributed by atoms with Crippen molar-refractivity contribution in [2.75, 3.05) is 32.6 Å². The van der Waals surface area contributed by atoms with Gasteiger partial charge in [0.2, 0.25) is 0 Å². The molecule has 51 heavy (non-hydrogen) atoms. The Hall–Kier alpha value is -6.17. The number of aryl methyl sites for hydroxylation is 1. The number of benzene rings is 2. The lowest BCUT2D eigenvalue weighted by Crippen LogP contribution is -2.36. The Morgan fingerprint density at radius 1 is 1.06 bits per heavy atom. The van der Waals surface area contributed by atoms with E-state index in [1.54, 1.807) is 95.3 Å². The number of rotatable bonds is 9. The summed E-state index contributed by atoms with van der Waals surface area (Å²) in [6.07, 6.45) is -0.231. The number of carbonyl (C=O) groups is 2. The van der Waals surface area contributed by atoms with E-state index in [4.69, 9.17) is 19.2 Å². The predicted octanol–water partition coefficient (Wildman–Crippen LogP) is 5.10. The van der Waals surface area contributed by atoms with Crippen LogP contribution in [0, 0.1) is 18.3 Å². The van der Waals surface area contributed by atoms with Gasteiger partial charge in [-0.3, -0.25) is 9.36 Å². The lowest BCUT2D eigenvalue weighted by Gasteiger charge is -2.24. The molecule has 4 heterocycles. The fraction of sp³-hybridized carbons (Fsp3) is 0.333. The van der Waals surface area contributed by atoms with Crippen LogP contribution >= 0.6 is 0 Å². The van der Waals surface area contributed by atoms with Crippen LogP contribution < -0.4 is 20.1 Å². The molecular formula is C36H38FN9O5. The summed E-state index contributed by atoms with van der Waals surface area (Å²) in [5.41, 5.74) is 3.03. The summed E-state index contributed by atoms with van der Waals surface area (Å²) >= 11 is 0. The summed E-state index contributed by atoms with van der Waals surface area (Å²) < 4.78 is 34.4. The molecule has 1 saturated heterocycles. The van der Waals surface area contributed by atoms with E-state index in [0.29, 0.717) is 39.7 Å². The van der Waals surface area contributed by atoms with Crippen molar-refractivity contribution in [2.24, 2.45) is 0 Å². The molecule has 264 valence electrons. The number of ether oxygens (including phenoxy) is 3. The minimum Gasteiger partial charge on any atom is -0.497 e. The average Bonchev–Trinajstić information content (AvgIpc) is 3.82. The highest BCUT2D eigenvalue weighted by atomic mass is 19.1. The molecule has 2 amide bonds. The summed E-state index contributed by atoms with van der Waals surface area (Å²) in [4.78, 5) is 36.9. The van der Waals surface area contributed by atoms with Crippen molar-refractivity contribution < 1.29 is 28.2 Å². The van der Waals surface area contributed by atoms with E-state index in [-0.39, 0.29) is 36.7 Å². The van der Waals surface area contributed by atoms with Crippen LogP contribution in [0.5, 0.6) is 11.5 Å². The number of nitrogens with zero attached hydrogens (tertiary/aromatic N) is 7. The fourth-order valence-corrected chi connectivity index (χ4v) is 5.80. The van der Waals surface area contributed by atoms with Gasteiger partial charge in [0.1, 0.15) is 41.5 Å². The van der Waals surface area contributed by atoms with E-state index in [0.717, 1.165) is 5.56 Å². The number of hydrogen-bond donors (Lipinski definition) is 2. The van der Waals surface area contributed by atoms with Gasteiger partial charge in [-0.25, -0.2) is 23.8 Å². The topological polar surface area (TPSA) is 161 Å². The molecule has 1 aliphatic heterocycles. The Labute approximate surface area is 293 Å². The molecule has 3 aromatic heterocycles. The molecule has 2 N–H and O–H groups in total. The molecule has 2 aromatic carbocycles. The van der Waals surface area contributed by atoms with Gasteiger partial charge in [0, 0.05) is 36.1 Å². The summed E-state index contributed by atoms with van der Waals surface area (Å²) in [7, 11) is 3.11. The molecule has 1 aliphatic rings. The van der Waals surface area contributed by atoms with Gasteiger partial charge in [-0.1, -0.05) is 0 Å². The highest BCUT2D eigenvalue weighted by Crippen LogP contribution is 2.27. The molecule has 0 radical (unpaired) electrons. The van der Waals surface area contributed by atoms with Crippen LogP contribution in [0.1, 0.15) is 48.1 Å². The number of imidazole rings is 1. The molecular weight excluding hydrogens is 657 g/mol. The highest BCUT2D eigenvalue weighted by molar-refractivity contribution is 5.97. The van der Waals surface area contributed by atoms with Gasteiger partial charge in [0.25, 0.3) is 5.91 Å². The van der Waals surface area contributed by atoms with Crippen molar-refractivity contribution in [3.63, 3.8) is 0 Å². The third-order valence-corrected chi connectivity index (χ3v) is 8.29. The van der Waals surface area contributed by atoms with Crippen LogP contribution in [0.15, 0.2) is 60.9 Å². The first-order valence-electron chi connectivity index (χ1n) is 16.2. The number of hydrogen-bond acceptors (Lipinski definition) is 10. The standard InChI is InChI=1S/C36H38FN9O5/c1-21-13-24(16-38)43-46(21)33-26(34(47)39-17-22-7-9-25(49-5)15-31(22)50-6)10-12-32(42-33)45-20-40-28-14-23(8-11-30(28)45)41-29-19-44(18-27(29)37)35(48)51-36(2,3)4/h7-15,20,27,29,41H,17-19H2,1-6H3,(H,39,47)/t27-,29+/m1/s1. The second-order valence-corrected chi connectivity index (χ2v) is 13.1. The normalized spacial score (nSPS) is 15.8. The van der Waals surface area contributed by atoms with Gasteiger partial charge >= 0.3 is 6.09 Å². The molecule has 0 spiro atoms. The highest BCUT2D eigenvalue weighted by Gasteiger charge is 2.37. The largest absolute Gasteiger partial charge is 0.497 e. The summed E-state index contributed by atoms with van der Waals surface area (Å²) in [6.45, 7) is 7.34. The first kappa shape index (κ1) is 34.7. The molecule has 0 unspecified atom stereocenters. The Morgan fingerprint density at radius 3 is 2.57 bits per heavy atom. The number of anilines is 1. The number of halogens is 1.